The van der Waals surface area contributed by atoms with Crippen molar-refractivity contribution in [1.29, 1.82) is 0 Å². The molecule has 0 spiro atoms. The van der Waals surface area contributed by atoms with E-state index in [-0.39, 0.29) is 6.61 Å². The van der Waals surface area contributed by atoms with Crippen LogP contribution in [-0.2, 0) is 9.09 Å². The summed E-state index contributed by atoms with van der Waals surface area (Å²) >= 11 is 2.09. The summed E-state index contributed by atoms with van der Waals surface area (Å²) in [6.07, 6.45) is 1.01. The lowest BCUT2D eigenvalue weighted by molar-refractivity contribution is 0.190. The first-order chi connectivity index (χ1) is 5.45. The molecule has 5 nitrogen and oxygen atoms in total. The Balaban J connectivity index is 3.37. The molecule has 0 aliphatic carbocycles. The maximum atomic E-state index is 10.2. The first kappa shape index (κ1) is 12.8. The molecule has 0 bridgehead atoms. The minimum Gasteiger partial charge on any atom is -0.303 e. The molecule has 0 radical (unpaired) electrons. The Morgan fingerprint density at radius 2 is 2.08 bits per heavy atom. The van der Waals surface area contributed by atoms with E-state index in [1.54, 1.807) is 0 Å². The van der Waals surface area contributed by atoms with Gasteiger partial charge in [0, 0.05) is 36.0 Å². The van der Waals surface area contributed by atoms with Gasteiger partial charge in [-0.25, -0.2) is 7.68 Å². The van der Waals surface area contributed by atoms with E-state index in [0.717, 1.165) is 13.0 Å². The highest BCUT2D eigenvalue weighted by Crippen LogP contribution is 2.35. The Morgan fingerprint density at radius 3 is 2.50 bits per heavy atom. The molecule has 0 aromatic heterocycles. The van der Waals surface area contributed by atoms with Gasteiger partial charge in [-0.3, -0.25) is 4.52 Å². The van der Waals surface area contributed by atoms with Crippen molar-refractivity contribution in [2.24, 2.45) is 0 Å². The fraction of sp³-hybridized carbons (Fsp3) is 1.00. The van der Waals surface area contributed by atoms with Crippen molar-refractivity contribution in [3.8, 4) is 0 Å². The molecule has 0 unspecified atom stereocenters. The molecule has 0 aromatic rings. The van der Waals surface area contributed by atoms with Gasteiger partial charge in [0.25, 0.3) is 0 Å². The van der Waals surface area contributed by atoms with Gasteiger partial charge < -0.3 is 9.79 Å². The van der Waals surface area contributed by atoms with Crippen molar-refractivity contribution in [3.63, 3.8) is 0 Å². The SMILES string of the molecule is CCCN(I)CCOP(=O)(O)O. The lowest BCUT2D eigenvalue weighted by Gasteiger charge is -2.12. The van der Waals surface area contributed by atoms with Crippen LogP contribution >= 0.6 is 30.7 Å². The molecule has 0 saturated heterocycles. The van der Waals surface area contributed by atoms with Crippen LogP contribution in [0.2, 0.25) is 0 Å². The van der Waals surface area contributed by atoms with E-state index in [9.17, 15) is 4.57 Å². The number of halogens is 1. The largest absolute Gasteiger partial charge is 0.469 e. The van der Waals surface area contributed by atoms with Crippen LogP contribution in [0.1, 0.15) is 13.3 Å². The monoisotopic (exact) mass is 309 g/mol. The average molecular weight is 309 g/mol. The topological polar surface area (TPSA) is 70.0 Å². The van der Waals surface area contributed by atoms with Gasteiger partial charge in [0.15, 0.2) is 0 Å². The number of hydrogen-bond donors (Lipinski definition) is 2. The fourth-order valence-electron chi connectivity index (χ4n) is 0.613. The van der Waals surface area contributed by atoms with Crippen molar-refractivity contribution in [3.05, 3.63) is 0 Å². The maximum absolute atomic E-state index is 10.2. The summed E-state index contributed by atoms with van der Waals surface area (Å²) in [6, 6.07) is 0. The zero-order chi connectivity index (χ0) is 9.61. The van der Waals surface area contributed by atoms with Crippen LogP contribution in [0.15, 0.2) is 0 Å². The quantitative estimate of drug-likeness (QED) is 0.438. The fourth-order valence-corrected chi connectivity index (χ4v) is 1.61. The molecule has 0 saturated carbocycles. The molecule has 0 aliphatic heterocycles. The maximum Gasteiger partial charge on any atom is 0.469 e. The second kappa shape index (κ2) is 6.28. The molecular weight excluding hydrogens is 296 g/mol. The molecule has 0 rings (SSSR count). The van der Waals surface area contributed by atoms with E-state index in [2.05, 4.69) is 27.4 Å². The molecular formula is C5H13INO4P. The molecule has 12 heavy (non-hydrogen) atoms. The lowest BCUT2D eigenvalue weighted by Crippen LogP contribution is -2.17. The number of hydrogen-bond acceptors (Lipinski definition) is 3. The van der Waals surface area contributed by atoms with Crippen LogP contribution in [0.25, 0.3) is 0 Å². The van der Waals surface area contributed by atoms with Gasteiger partial charge >= 0.3 is 7.82 Å². The second-order valence-corrected chi connectivity index (χ2v) is 4.84. The van der Waals surface area contributed by atoms with Gasteiger partial charge in [-0.05, 0) is 6.42 Å². The highest BCUT2D eigenvalue weighted by Gasteiger charge is 2.13. The Labute approximate surface area is 85.8 Å². The van der Waals surface area contributed by atoms with E-state index in [0.29, 0.717) is 6.54 Å². The van der Waals surface area contributed by atoms with E-state index < -0.39 is 7.82 Å². The normalized spacial score (nSPS) is 12.4. The van der Waals surface area contributed by atoms with E-state index >= 15 is 0 Å². The molecule has 0 amide bonds. The first-order valence-corrected chi connectivity index (χ1v) is 6.06. The van der Waals surface area contributed by atoms with Crippen LogP contribution < -0.4 is 0 Å². The Kier molecular flexibility index (Phi) is 6.70. The summed E-state index contributed by atoms with van der Waals surface area (Å²) in [6.45, 7) is 3.52. The van der Waals surface area contributed by atoms with Gasteiger partial charge in [0.2, 0.25) is 0 Å². The zero-order valence-corrected chi connectivity index (χ0v) is 9.86. The highest BCUT2D eigenvalue weighted by atomic mass is 127. The van der Waals surface area contributed by atoms with Crippen molar-refractivity contribution >= 4 is 30.7 Å². The van der Waals surface area contributed by atoms with Gasteiger partial charge in [0.1, 0.15) is 0 Å². The summed E-state index contributed by atoms with van der Waals surface area (Å²) in [4.78, 5) is 16.7. The third-order valence-electron chi connectivity index (χ3n) is 1.06. The van der Waals surface area contributed by atoms with Crippen molar-refractivity contribution in [1.82, 2.24) is 3.11 Å². The van der Waals surface area contributed by atoms with Crippen molar-refractivity contribution in [2.75, 3.05) is 19.7 Å². The summed E-state index contributed by atoms with van der Waals surface area (Å²) in [5.74, 6) is 0. The van der Waals surface area contributed by atoms with E-state index in [1.807, 2.05) is 10.0 Å². The van der Waals surface area contributed by atoms with Crippen molar-refractivity contribution in [2.45, 2.75) is 13.3 Å². The summed E-state index contributed by atoms with van der Waals surface area (Å²) in [7, 11) is -4.27. The molecule has 0 aromatic carbocycles. The summed E-state index contributed by atoms with van der Waals surface area (Å²) in [5.41, 5.74) is 0. The predicted octanol–water partition coefficient (Wildman–Crippen LogP) is 1.16. The predicted molar refractivity (Wildman–Crippen MR) is 53.9 cm³/mol. The number of phosphoric acid groups is 1. The first-order valence-electron chi connectivity index (χ1n) is 3.56. The van der Waals surface area contributed by atoms with Gasteiger partial charge in [-0.15, -0.1) is 0 Å². The smallest absolute Gasteiger partial charge is 0.303 e. The van der Waals surface area contributed by atoms with E-state index in [4.69, 9.17) is 9.79 Å². The Morgan fingerprint density at radius 1 is 1.50 bits per heavy atom. The molecule has 0 heterocycles. The summed E-state index contributed by atoms with van der Waals surface area (Å²) < 4.78 is 16.4. The number of nitrogens with zero attached hydrogens (tertiary/aromatic N) is 1. The molecule has 2 N–H and O–H groups in total. The second-order valence-electron chi connectivity index (χ2n) is 2.23. The van der Waals surface area contributed by atoms with Crippen LogP contribution in [0.5, 0.6) is 0 Å². The Bertz CT molecular complexity index is 162. The summed E-state index contributed by atoms with van der Waals surface area (Å²) in [5, 5.41) is 0. The van der Waals surface area contributed by atoms with Crippen molar-refractivity contribution < 1.29 is 18.9 Å². The van der Waals surface area contributed by atoms with Crippen LogP contribution in [0, 0.1) is 0 Å². The highest BCUT2D eigenvalue weighted by molar-refractivity contribution is 14.1. The van der Waals surface area contributed by atoms with Crippen LogP contribution in [0.4, 0.5) is 0 Å². The average Bonchev–Trinajstić information content (AvgIpc) is 1.84. The van der Waals surface area contributed by atoms with E-state index in [1.165, 1.54) is 0 Å². The lowest BCUT2D eigenvalue weighted by atomic mass is 10.5. The third-order valence-corrected chi connectivity index (χ3v) is 2.54. The Hall–Kier alpha value is 0.800. The third kappa shape index (κ3) is 8.89. The molecule has 0 fully saturated rings. The molecule has 74 valence electrons. The van der Waals surface area contributed by atoms with Crippen LogP contribution in [0.3, 0.4) is 0 Å². The minimum absolute atomic E-state index is 0.0627. The van der Waals surface area contributed by atoms with Crippen LogP contribution in [-0.4, -0.2) is 32.6 Å². The van der Waals surface area contributed by atoms with Gasteiger partial charge in [-0.2, -0.15) is 0 Å². The van der Waals surface area contributed by atoms with Gasteiger partial charge in [0.05, 0.1) is 6.61 Å². The minimum atomic E-state index is -4.27. The molecule has 0 aliphatic rings. The standard InChI is InChI=1S/C5H13INO4P/c1-2-3-7(6)4-5-11-12(8,9)10/h2-5H2,1H3,(H2,8,9,10). The molecule has 0 atom stereocenters. The zero-order valence-electron chi connectivity index (χ0n) is 6.81. The van der Waals surface area contributed by atoms with Gasteiger partial charge in [-0.1, -0.05) is 6.92 Å². The molecule has 7 heteroatoms. The number of phosphoric ester groups is 1. The number of rotatable bonds is 6.